The molecule has 1 N–H and O–H groups in total. The van der Waals surface area contributed by atoms with E-state index >= 15 is 0 Å². The van der Waals surface area contributed by atoms with E-state index in [1.165, 1.54) is 32.1 Å². The van der Waals surface area contributed by atoms with E-state index in [-0.39, 0.29) is 5.60 Å². The number of unbranched alkanes of at least 4 members (excludes halogenated alkanes) is 1. The first kappa shape index (κ1) is 15.9. The van der Waals surface area contributed by atoms with Gasteiger partial charge in [0.15, 0.2) is 0 Å². The van der Waals surface area contributed by atoms with Gasteiger partial charge >= 0.3 is 0 Å². The zero-order valence-corrected chi connectivity index (χ0v) is 12.1. The molecule has 0 radical (unpaired) electrons. The second-order valence-electron chi connectivity index (χ2n) is 5.30. The highest BCUT2D eigenvalue weighted by atomic mass is 16.5. The molecule has 2 atom stereocenters. The van der Waals surface area contributed by atoms with Crippen molar-refractivity contribution in [3.05, 3.63) is 0 Å². The third-order valence-corrected chi connectivity index (χ3v) is 3.83. The van der Waals surface area contributed by atoms with Crippen LogP contribution in [0.4, 0.5) is 0 Å². The summed E-state index contributed by atoms with van der Waals surface area (Å²) in [4.78, 5) is 0. The van der Waals surface area contributed by atoms with Gasteiger partial charge in [0.2, 0.25) is 0 Å². The van der Waals surface area contributed by atoms with Gasteiger partial charge in [-0.2, -0.15) is 0 Å². The van der Waals surface area contributed by atoms with Gasteiger partial charge in [-0.1, -0.05) is 39.5 Å². The highest BCUT2D eigenvalue weighted by molar-refractivity contribution is 4.86. The Balaban J connectivity index is 4.27. The molecule has 0 amide bonds. The van der Waals surface area contributed by atoms with Crippen molar-refractivity contribution in [2.24, 2.45) is 5.92 Å². The molecule has 2 unspecified atom stereocenters. The maximum absolute atomic E-state index is 5.58. The van der Waals surface area contributed by atoms with E-state index in [9.17, 15) is 0 Å². The predicted molar refractivity (Wildman–Crippen MR) is 71.9 cm³/mol. The van der Waals surface area contributed by atoms with Gasteiger partial charge in [-0.25, -0.2) is 0 Å². The lowest BCUT2D eigenvalue weighted by Gasteiger charge is -2.35. The average molecular weight is 229 g/mol. The molecule has 0 spiro atoms. The van der Waals surface area contributed by atoms with Gasteiger partial charge in [0, 0.05) is 13.2 Å². The van der Waals surface area contributed by atoms with Crippen LogP contribution in [0.5, 0.6) is 0 Å². The van der Waals surface area contributed by atoms with Gasteiger partial charge < -0.3 is 10.1 Å². The van der Waals surface area contributed by atoms with E-state index < -0.39 is 0 Å². The maximum Gasteiger partial charge on any atom is 0.0775 e. The van der Waals surface area contributed by atoms with Gasteiger partial charge in [-0.3, -0.25) is 0 Å². The minimum absolute atomic E-state index is 0.0750. The van der Waals surface area contributed by atoms with Gasteiger partial charge in [-0.15, -0.1) is 0 Å². The lowest BCUT2D eigenvalue weighted by Crippen LogP contribution is -2.47. The van der Waals surface area contributed by atoms with Gasteiger partial charge in [0.1, 0.15) is 0 Å². The smallest absolute Gasteiger partial charge is 0.0775 e. The molecule has 0 aromatic heterocycles. The molecule has 2 nitrogen and oxygen atoms in total. The van der Waals surface area contributed by atoms with Crippen molar-refractivity contribution in [2.75, 3.05) is 14.2 Å². The fraction of sp³-hybridized carbons (Fsp3) is 1.00. The van der Waals surface area contributed by atoms with Crippen molar-refractivity contribution in [3.8, 4) is 0 Å². The van der Waals surface area contributed by atoms with Crippen molar-refractivity contribution in [1.82, 2.24) is 5.32 Å². The minimum atomic E-state index is -0.0750. The standard InChI is InChI=1S/C14H31NO/c1-7-9-10-12(8-2)11-13(15-5)14(3,4)16-6/h12-13,15H,7-11H2,1-6H3. The fourth-order valence-corrected chi connectivity index (χ4v) is 2.21. The molecular weight excluding hydrogens is 198 g/mol. The Labute approximate surface area is 102 Å². The lowest BCUT2D eigenvalue weighted by molar-refractivity contribution is -0.0153. The van der Waals surface area contributed by atoms with Crippen LogP contribution < -0.4 is 5.32 Å². The van der Waals surface area contributed by atoms with Gasteiger partial charge in [0.25, 0.3) is 0 Å². The third kappa shape index (κ3) is 5.31. The van der Waals surface area contributed by atoms with Gasteiger partial charge in [-0.05, 0) is 33.2 Å². The average Bonchev–Trinajstić information content (AvgIpc) is 2.29. The van der Waals surface area contributed by atoms with Crippen molar-refractivity contribution >= 4 is 0 Å². The monoisotopic (exact) mass is 229 g/mol. The summed E-state index contributed by atoms with van der Waals surface area (Å²) in [5.41, 5.74) is -0.0750. The van der Waals surface area contributed by atoms with Crippen LogP contribution in [0.25, 0.3) is 0 Å². The fourth-order valence-electron chi connectivity index (χ4n) is 2.21. The predicted octanol–water partition coefficient (Wildman–Crippen LogP) is 3.61. The Hall–Kier alpha value is -0.0800. The second-order valence-corrected chi connectivity index (χ2v) is 5.30. The minimum Gasteiger partial charge on any atom is -0.377 e. The van der Waals surface area contributed by atoms with Crippen molar-refractivity contribution in [1.29, 1.82) is 0 Å². The topological polar surface area (TPSA) is 21.3 Å². The summed E-state index contributed by atoms with van der Waals surface area (Å²) in [7, 11) is 3.84. The van der Waals surface area contributed by atoms with Crippen LogP contribution >= 0.6 is 0 Å². The molecule has 0 rings (SSSR count). The normalized spacial score (nSPS) is 16.1. The summed E-state index contributed by atoms with van der Waals surface area (Å²) in [6, 6.07) is 0.444. The zero-order chi connectivity index (χ0) is 12.6. The van der Waals surface area contributed by atoms with Crippen molar-refractivity contribution in [3.63, 3.8) is 0 Å². The summed E-state index contributed by atoms with van der Waals surface area (Å²) in [5, 5.41) is 3.41. The molecule has 0 heterocycles. The molecule has 98 valence electrons. The van der Waals surface area contributed by atoms with Crippen LogP contribution in [0.1, 0.15) is 59.8 Å². The molecule has 0 aromatic rings. The molecule has 16 heavy (non-hydrogen) atoms. The quantitative estimate of drug-likeness (QED) is 0.652. The summed E-state index contributed by atoms with van der Waals surface area (Å²) in [6.07, 6.45) is 6.49. The number of rotatable bonds is 9. The number of methoxy groups -OCH3 is 1. The second kappa shape index (κ2) is 8.08. The van der Waals surface area contributed by atoms with E-state index in [1.54, 1.807) is 7.11 Å². The number of hydrogen-bond acceptors (Lipinski definition) is 2. The van der Waals surface area contributed by atoms with Crippen LogP contribution in [0, 0.1) is 5.92 Å². The van der Waals surface area contributed by atoms with Crippen molar-refractivity contribution in [2.45, 2.75) is 71.4 Å². The highest BCUT2D eigenvalue weighted by Gasteiger charge is 2.29. The molecule has 0 fully saturated rings. The number of ether oxygens (including phenoxy) is 1. The molecule has 0 bridgehead atoms. The summed E-state index contributed by atoms with van der Waals surface area (Å²) in [5.74, 6) is 0.826. The number of likely N-dealkylation sites (N-methyl/N-ethyl adjacent to an activating group) is 1. The molecule has 0 aliphatic carbocycles. The van der Waals surface area contributed by atoms with E-state index in [0.717, 1.165) is 5.92 Å². The zero-order valence-electron chi connectivity index (χ0n) is 12.1. The Morgan fingerprint density at radius 2 is 1.88 bits per heavy atom. The van der Waals surface area contributed by atoms with E-state index in [2.05, 4.69) is 33.0 Å². The SMILES string of the molecule is CCCCC(CC)CC(NC)C(C)(C)OC. The van der Waals surface area contributed by atoms with Crippen molar-refractivity contribution < 1.29 is 4.74 Å². The van der Waals surface area contributed by atoms with E-state index in [0.29, 0.717) is 6.04 Å². The molecular formula is C14H31NO. The first-order valence-electron chi connectivity index (χ1n) is 6.74. The van der Waals surface area contributed by atoms with Crippen LogP contribution in [0.2, 0.25) is 0 Å². The molecule has 0 saturated heterocycles. The lowest BCUT2D eigenvalue weighted by atomic mass is 9.85. The number of hydrogen-bond donors (Lipinski definition) is 1. The van der Waals surface area contributed by atoms with Gasteiger partial charge in [0.05, 0.1) is 5.60 Å². The van der Waals surface area contributed by atoms with Crippen LogP contribution in [-0.4, -0.2) is 25.8 Å². The maximum atomic E-state index is 5.58. The van der Waals surface area contributed by atoms with E-state index in [4.69, 9.17) is 4.74 Å². The summed E-state index contributed by atoms with van der Waals surface area (Å²) in [6.45, 7) is 8.90. The third-order valence-electron chi connectivity index (χ3n) is 3.83. The van der Waals surface area contributed by atoms with Crippen LogP contribution in [0.3, 0.4) is 0 Å². The summed E-state index contributed by atoms with van der Waals surface area (Å²) < 4.78 is 5.58. The largest absolute Gasteiger partial charge is 0.377 e. The molecule has 0 saturated carbocycles. The number of nitrogens with one attached hydrogen (secondary N) is 1. The van der Waals surface area contributed by atoms with Crippen LogP contribution in [0.15, 0.2) is 0 Å². The first-order valence-corrected chi connectivity index (χ1v) is 6.74. The Kier molecular flexibility index (Phi) is 8.04. The van der Waals surface area contributed by atoms with Crippen LogP contribution in [-0.2, 0) is 4.74 Å². The Bertz CT molecular complexity index is 168. The Morgan fingerprint density at radius 1 is 1.25 bits per heavy atom. The first-order chi connectivity index (χ1) is 7.51. The Morgan fingerprint density at radius 3 is 2.25 bits per heavy atom. The molecule has 0 aromatic carbocycles. The molecule has 2 heteroatoms. The van der Waals surface area contributed by atoms with E-state index in [1.807, 2.05) is 7.05 Å². The summed E-state index contributed by atoms with van der Waals surface area (Å²) >= 11 is 0. The molecule has 0 aliphatic rings. The molecule has 0 aliphatic heterocycles. The highest BCUT2D eigenvalue weighted by Crippen LogP contribution is 2.25.